The Hall–Kier alpha value is -1.77. The zero-order valence-corrected chi connectivity index (χ0v) is 37.6. The van der Waals surface area contributed by atoms with Gasteiger partial charge in [-0.3, -0.25) is 0 Å². The number of hydrogen-bond acceptors (Lipinski definition) is 32. The van der Waals surface area contributed by atoms with E-state index in [-0.39, 0.29) is 0 Å². The summed E-state index contributed by atoms with van der Waals surface area (Å²) in [6.45, 7) is -7.63. The summed E-state index contributed by atoms with van der Waals surface area (Å²) in [6.07, 6.45) is -63.1. The minimum Gasteiger partial charge on any atom is -0.479 e. The number of ether oxygens (including phenoxy) is 13. The van der Waals surface area contributed by atoms with Gasteiger partial charge >= 0.3 is 5.97 Å². The molecule has 0 aliphatic carbocycles. The Bertz CT molecular complexity index is 1690. The van der Waals surface area contributed by atoms with Crippen LogP contribution in [0.25, 0.3) is 0 Å². The van der Waals surface area contributed by atoms with E-state index < -0.39 is 243 Å². The molecule has 22 heterocycles. The lowest BCUT2D eigenvalue weighted by Gasteiger charge is -2.51. The predicted octanol–water partition coefficient (Wildman–Crippen LogP) is -13.6. The van der Waals surface area contributed by atoms with Gasteiger partial charge in [0.2, 0.25) is 0 Å². The second-order valence-corrected chi connectivity index (χ2v) is 18.0. The third-order valence-electron chi connectivity index (χ3n) is 13.4. The van der Waals surface area contributed by atoms with Crippen molar-refractivity contribution in [3.8, 4) is 0 Å². The van der Waals surface area contributed by atoms with Gasteiger partial charge in [0.1, 0.15) is 146 Å². The Morgan fingerprint density at radius 1 is 0.319 bits per heavy atom. The van der Waals surface area contributed by atoms with Crippen LogP contribution in [-0.2, 0) is 66.4 Å². The van der Waals surface area contributed by atoms with Gasteiger partial charge in [0.05, 0.1) is 46.2 Å². The van der Waals surface area contributed by atoms with Crippen molar-refractivity contribution in [3.63, 3.8) is 0 Å². The zero-order valence-electron chi connectivity index (χ0n) is 37.6. The molecule has 22 fully saturated rings. The number of aliphatic hydroxyl groups is 18. The molecule has 0 aromatic rings. The van der Waals surface area contributed by atoms with Gasteiger partial charge < -0.3 is 159 Å². The van der Waals surface area contributed by atoms with Crippen molar-refractivity contribution in [3.05, 3.63) is 0 Å². The summed E-state index contributed by atoms with van der Waals surface area (Å²) >= 11 is 0. The molecule has 12 bridgehead atoms. The molecule has 0 aromatic heterocycles. The van der Waals surface area contributed by atoms with Crippen LogP contribution in [0.2, 0.25) is 0 Å². The summed E-state index contributed by atoms with van der Waals surface area (Å²) in [5, 5.41) is 206. The maximum atomic E-state index is 12.1. The fraction of sp³-hybridized carbons (Fsp3) is 0.974. The highest BCUT2D eigenvalue weighted by atomic mass is 16.8. The normalized spacial score (nSPS) is 52.1. The Balaban J connectivity index is 1.23. The molecule has 0 amide bonds. The van der Waals surface area contributed by atoms with Gasteiger partial charge in [-0.15, -0.1) is 0 Å². The van der Waals surface area contributed by atoms with Gasteiger partial charge in [0.25, 0.3) is 0 Å². The van der Waals surface area contributed by atoms with Crippen LogP contribution in [0.4, 0.5) is 0 Å². The van der Waals surface area contributed by atoms with E-state index in [0.29, 0.717) is 0 Å². The molecule has 33 heteroatoms. The maximum Gasteiger partial charge on any atom is 0.335 e. The molecule has 22 aliphatic rings. The molecule has 418 valence electrons. The van der Waals surface area contributed by atoms with Crippen LogP contribution in [0, 0.1) is 0 Å². The predicted molar refractivity (Wildman–Crippen MR) is 213 cm³/mol. The highest BCUT2D eigenvalue weighted by molar-refractivity contribution is 5.72. The van der Waals surface area contributed by atoms with Crippen molar-refractivity contribution in [1.82, 2.24) is 0 Å². The number of carboxylic acid groups (broad SMARTS) is 1. The first-order chi connectivity index (χ1) is 34.3. The molecule has 72 heavy (non-hydrogen) atoms. The first kappa shape index (κ1) is 57.9. The van der Waals surface area contributed by atoms with Gasteiger partial charge in [-0.25, -0.2) is 4.79 Å². The Morgan fingerprint density at radius 3 is 0.736 bits per heavy atom. The molecule has 0 spiro atoms. The number of aliphatic hydroxyl groups excluding tert-OH is 18. The summed E-state index contributed by atoms with van der Waals surface area (Å²) in [5.74, 6) is -1.80. The van der Waals surface area contributed by atoms with Crippen LogP contribution in [0.15, 0.2) is 0 Å². The lowest BCUT2D eigenvalue weighted by molar-refractivity contribution is -0.405. The van der Waals surface area contributed by atoms with E-state index >= 15 is 0 Å². The van der Waals surface area contributed by atoms with E-state index in [1.165, 1.54) is 0 Å². The minimum atomic E-state index is -2.31. The third-order valence-corrected chi connectivity index (χ3v) is 13.4. The van der Waals surface area contributed by atoms with Gasteiger partial charge in [0, 0.05) is 0 Å². The molecule has 19 N–H and O–H groups in total. The van der Waals surface area contributed by atoms with Gasteiger partial charge in [-0.2, -0.15) is 0 Å². The third kappa shape index (κ3) is 11.4. The van der Waals surface area contributed by atoms with Gasteiger partial charge in [-0.1, -0.05) is 0 Å². The van der Waals surface area contributed by atoms with Crippen LogP contribution in [0.3, 0.4) is 0 Å². The molecular weight excluding hydrogens is 996 g/mol. The molecule has 0 aromatic carbocycles. The Kier molecular flexibility index (Phi) is 19.9. The molecule has 22 aliphatic heterocycles. The fourth-order valence-corrected chi connectivity index (χ4v) is 9.44. The van der Waals surface area contributed by atoms with Crippen molar-refractivity contribution in [2.75, 3.05) is 46.2 Å². The summed E-state index contributed by atoms with van der Waals surface area (Å²) in [5.41, 5.74) is 0. The molecule has 31 atom stereocenters. The molecule has 1 unspecified atom stereocenters. The molecule has 22 rings (SSSR count). The summed E-state index contributed by atoms with van der Waals surface area (Å²) in [6, 6.07) is 0. The van der Waals surface area contributed by atoms with E-state index in [1.807, 2.05) is 0 Å². The van der Waals surface area contributed by atoms with Gasteiger partial charge in [-0.05, 0) is 0 Å². The van der Waals surface area contributed by atoms with E-state index in [1.54, 1.807) is 0 Å². The van der Waals surface area contributed by atoms with Crippen molar-refractivity contribution in [2.45, 2.75) is 190 Å². The molecule has 0 saturated carbocycles. The van der Waals surface area contributed by atoms with E-state index in [2.05, 4.69) is 0 Å². The van der Waals surface area contributed by atoms with Crippen LogP contribution in [0.5, 0.6) is 0 Å². The average Bonchev–Trinajstić information content (AvgIpc) is 3.36. The largest absolute Gasteiger partial charge is 0.479 e. The Labute approximate surface area is 405 Å². The standard InChI is InChI=1S/C39H64O33/c40-1-8-26-15(47)20(52)34(61-8)68-27-9(2-41)63-36(22(54)17(27)49)70-29-11(4-43)65-38(24(56)19(29)51)72-31-13(6-45)66-39(25(57)32(31)60-14(7-46)33(58)59)71-30-12(5-44)64-37(23(55)18(30)50)69-28-10(3-42)62-35(67-26)21(53)16(28)48/h8-32,34-57H,1-7H2,(H,58,59)/t8-,9-,10-,11-,12-,13-,14?,15-,16-,17-,18-,19-,20-,21-,22-,23-,24-,25-,26-,27-,28-,29-,30-,31+,32-,34-,35-,36-,37-,38-,39-/m1/s1. The number of rotatable bonds is 10. The van der Waals surface area contributed by atoms with Crippen LogP contribution in [-0.4, -0.2) is 340 Å². The fourth-order valence-electron chi connectivity index (χ4n) is 9.44. The lowest BCUT2D eigenvalue weighted by atomic mass is 9.94. The summed E-state index contributed by atoms with van der Waals surface area (Å²) < 4.78 is 74.0. The number of aliphatic carboxylic acids is 1. The van der Waals surface area contributed by atoms with E-state index in [0.717, 1.165) is 0 Å². The Morgan fingerprint density at radius 2 is 0.528 bits per heavy atom. The van der Waals surface area contributed by atoms with Crippen molar-refractivity contribution >= 4 is 5.97 Å². The van der Waals surface area contributed by atoms with Gasteiger partial charge in [0.15, 0.2) is 43.8 Å². The topological polar surface area (TPSA) is 521 Å². The summed E-state index contributed by atoms with van der Waals surface area (Å²) in [7, 11) is 0. The zero-order chi connectivity index (χ0) is 52.6. The number of carbonyl (C=O) groups is 1. The smallest absolute Gasteiger partial charge is 0.335 e. The molecule has 22 saturated heterocycles. The molecular formula is C39H64O33. The SMILES string of the molecule is O=C(O)C(CO)O[C@@H]1[C@@H](O)[C@H]2O[C@H]3[C@H](O)[C@@H](O)[C@@H](O[C@H]4[C@H](O)[C@@H](O)[C@@H](O[C@H]5[C@H](O)[C@@H](O)[C@@H](O[C@H]6[C@H](O)[C@@H](O)[C@@H](O[C@H]7[C@H](O)[C@@H](O)[C@@H](O[C@H]1[C@@H](CO)O2)O[C@@H]7CO)O[C@@H]6CO)O[C@@H]5CO)O[C@@H]4CO)O[C@@H]3CO. The van der Waals surface area contributed by atoms with Crippen molar-refractivity contribution < 1.29 is 163 Å². The lowest BCUT2D eigenvalue weighted by Crippen LogP contribution is -2.69. The highest BCUT2D eigenvalue weighted by Crippen LogP contribution is 2.38. The molecule has 33 nitrogen and oxygen atoms in total. The monoisotopic (exact) mass is 1060 g/mol. The first-order valence-electron chi connectivity index (χ1n) is 22.8. The quantitative estimate of drug-likeness (QED) is 0.0966. The second-order valence-electron chi connectivity index (χ2n) is 18.0. The average molecular weight is 1060 g/mol. The van der Waals surface area contributed by atoms with Crippen molar-refractivity contribution in [2.24, 2.45) is 0 Å². The minimum absolute atomic E-state index is 1.02. The van der Waals surface area contributed by atoms with Crippen LogP contribution >= 0.6 is 0 Å². The van der Waals surface area contributed by atoms with Crippen LogP contribution < -0.4 is 0 Å². The van der Waals surface area contributed by atoms with Crippen LogP contribution in [0.1, 0.15) is 0 Å². The number of hydrogen-bond donors (Lipinski definition) is 19. The van der Waals surface area contributed by atoms with Crippen molar-refractivity contribution in [1.29, 1.82) is 0 Å². The second kappa shape index (κ2) is 24.7. The summed E-state index contributed by atoms with van der Waals surface area (Å²) in [4.78, 5) is 12.1. The number of carboxylic acids is 1. The highest BCUT2D eigenvalue weighted by Gasteiger charge is 2.59. The molecule has 0 radical (unpaired) electrons. The van der Waals surface area contributed by atoms with E-state index in [4.69, 9.17) is 61.6 Å². The first-order valence-corrected chi connectivity index (χ1v) is 22.8. The maximum absolute atomic E-state index is 12.1. The van der Waals surface area contributed by atoms with E-state index in [9.17, 15) is 102 Å².